The molecule has 0 bridgehead atoms. The van der Waals surface area contributed by atoms with E-state index in [1.807, 2.05) is 18.2 Å². The average Bonchev–Trinajstić information content (AvgIpc) is 2.48. The van der Waals surface area contributed by atoms with Gasteiger partial charge in [-0.25, -0.2) is 0 Å². The van der Waals surface area contributed by atoms with Crippen LogP contribution in [0.3, 0.4) is 0 Å². The Balaban J connectivity index is 1.94. The summed E-state index contributed by atoms with van der Waals surface area (Å²) in [6.07, 6.45) is 1.84. The van der Waals surface area contributed by atoms with Crippen LogP contribution in [0.1, 0.15) is 22.3 Å². The lowest BCUT2D eigenvalue weighted by atomic mass is 10.1. The number of nitrogens with two attached hydrogens (primary N) is 1. The van der Waals surface area contributed by atoms with Crippen LogP contribution < -0.4 is 5.73 Å². The second-order valence-electron chi connectivity index (χ2n) is 5.02. The summed E-state index contributed by atoms with van der Waals surface area (Å²) in [5, 5.41) is 0.398. The Kier molecular flexibility index (Phi) is 5.23. The zero-order valence-corrected chi connectivity index (χ0v) is 12.8. The molecule has 4 heteroatoms. The number of anilines is 1. The van der Waals surface area contributed by atoms with Crippen molar-refractivity contribution in [3.63, 3.8) is 0 Å². The molecule has 0 unspecified atom stereocenters. The van der Waals surface area contributed by atoms with Gasteiger partial charge in [-0.2, -0.15) is 0 Å². The molecule has 0 aliphatic carbocycles. The third-order valence-corrected chi connectivity index (χ3v) is 3.72. The minimum absolute atomic E-state index is 0.133. The number of halogens is 1. The lowest BCUT2D eigenvalue weighted by Crippen LogP contribution is -2.29. The molecule has 0 saturated heterocycles. The van der Waals surface area contributed by atoms with Gasteiger partial charge in [0, 0.05) is 19.3 Å². The van der Waals surface area contributed by atoms with Crippen molar-refractivity contribution in [2.45, 2.75) is 12.8 Å². The molecule has 0 fully saturated rings. The second kappa shape index (κ2) is 7.14. The molecule has 0 aromatic heterocycles. The number of rotatable bonds is 5. The Morgan fingerprint density at radius 2 is 1.86 bits per heavy atom. The first-order valence-corrected chi connectivity index (χ1v) is 7.31. The highest BCUT2D eigenvalue weighted by molar-refractivity contribution is 6.34. The molecule has 2 aromatic carbocycles. The fourth-order valence-electron chi connectivity index (χ4n) is 2.22. The van der Waals surface area contributed by atoms with Crippen LogP contribution in [0.15, 0.2) is 48.5 Å². The number of carbonyl (C=O) groups is 1. The van der Waals surface area contributed by atoms with Gasteiger partial charge in [0.1, 0.15) is 0 Å². The topological polar surface area (TPSA) is 46.3 Å². The van der Waals surface area contributed by atoms with Crippen LogP contribution >= 0.6 is 11.6 Å². The standard InChI is InChI=1S/C17H19ClN2O/c1-20(12-6-9-13-7-3-2-4-8-13)17(21)16-14(18)10-5-11-15(16)19/h2-5,7-8,10-11H,6,9,12,19H2,1H3. The number of benzene rings is 2. The maximum atomic E-state index is 12.4. The molecule has 0 spiro atoms. The number of nitrogen functional groups attached to an aromatic ring is 1. The first-order chi connectivity index (χ1) is 10.1. The van der Waals surface area contributed by atoms with Gasteiger partial charge in [0.15, 0.2) is 0 Å². The summed E-state index contributed by atoms with van der Waals surface area (Å²) >= 11 is 6.07. The minimum Gasteiger partial charge on any atom is -0.398 e. The number of carbonyl (C=O) groups excluding carboxylic acids is 1. The van der Waals surface area contributed by atoms with Crippen LogP contribution in [-0.2, 0) is 6.42 Å². The summed E-state index contributed by atoms with van der Waals surface area (Å²) in [5.41, 5.74) is 7.93. The van der Waals surface area contributed by atoms with E-state index < -0.39 is 0 Å². The Morgan fingerprint density at radius 3 is 2.52 bits per heavy atom. The molecule has 0 heterocycles. The predicted molar refractivity (Wildman–Crippen MR) is 87.6 cm³/mol. The molecule has 2 N–H and O–H groups in total. The number of hydrogen-bond donors (Lipinski definition) is 1. The van der Waals surface area contributed by atoms with Gasteiger partial charge < -0.3 is 10.6 Å². The Hall–Kier alpha value is -2.00. The van der Waals surface area contributed by atoms with E-state index in [9.17, 15) is 4.79 Å². The van der Waals surface area contributed by atoms with Crippen LogP contribution in [0.4, 0.5) is 5.69 Å². The number of hydrogen-bond acceptors (Lipinski definition) is 2. The summed E-state index contributed by atoms with van der Waals surface area (Å²) in [7, 11) is 1.77. The largest absolute Gasteiger partial charge is 0.398 e. The molecule has 21 heavy (non-hydrogen) atoms. The molecular weight excluding hydrogens is 284 g/mol. The molecule has 0 aliphatic rings. The van der Waals surface area contributed by atoms with Crippen molar-refractivity contribution >= 4 is 23.2 Å². The third kappa shape index (κ3) is 3.99. The average molecular weight is 303 g/mol. The van der Waals surface area contributed by atoms with Crippen LogP contribution in [0.25, 0.3) is 0 Å². The normalized spacial score (nSPS) is 10.4. The van der Waals surface area contributed by atoms with Gasteiger partial charge in [0.05, 0.1) is 10.6 Å². The van der Waals surface area contributed by atoms with Crippen molar-refractivity contribution in [2.75, 3.05) is 19.3 Å². The van der Waals surface area contributed by atoms with Crippen molar-refractivity contribution < 1.29 is 4.79 Å². The fraction of sp³-hybridized carbons (Fsp3) is 0.235. The van der Waals surface area contributed by atoms with Crippen molar-refractivity contribution in [1.29, 1.82) is 0 Å². The quantitative estimate of drug-likeness (QED) is 0.857. The van der Waals surface area contributed by atoms with Gasteiger partial charge in [-0.1, -0.05) is 48.0 Å². The molecule has 0 aliphatic heterocycles. The van der Waals surface area contributed by atoms with E-state index in [4.69, 9.17) is 17.3 Å². The molecule has 0 atom stereocenters. The van der Waals surface area contributed by atoms with Crippen molar-refractivity contribution in [2.24, 2.45) is 0 Å². The van der Waals surface area contributed by atoms with Gasteiger partial charge >= 0.3 is 0 Å². The Bertz CT molecular complexity index is 593. The van der Waals surface area contributed by atoms with Gasteiger partial charge in [-0.15, -0.1) is 0 Å². The summed E-state index contributed by atoms with van der Waals surface area (Å²) in [5.74, 6) is -0.133. The predicted octanol–water partition coefficient (Wildman–Crippen LogP) is 3.63. The van der Waals surface area contributed by atoms with Crippen molar-refractivity contribution in [3.8, 4) is 0 Å². The first kappa shape index (κ1) is 15.4. The Morgan fingerprint density at radius 1 is 1.14 bits per heavy atom. The zero-order chi connectivity index (χ0) is 15.2. The van der Waals surface area contributed by atoms with E-state index in [2.05, 4.69) is 12.1 Å². The fourth-order valence-corrected chi connectivity index (χ4v) is 2.49. The van der Waals surface area contributed by atoms with Gasteiger partial charge in [-0.05, 0) is 30.5 Å². The lowest BCUT2D eigenvalue weighted by molar-refractivity contribution is 0.0795. The van der Waals surface area contributed by atoms with Crippen molar-refractivity contribution in [3.05, 3.63) is 64.7 Å². The highest BCUT2D eigenvalue weighted by Gasteiger charge is 2.17. The molecule has 2 rings (SSSR count). The monoisotopic (exact) mass is 302 g/mol. The smallest absolute Gasteiger partial charge is 0.257 e. The lowest BCUT2D eigenvalue weighted by Gasteiger charge is -2.19. The molecule has 1 amide bonds. The number of aryl methyl sites for hydroxylation is 1. The van der Waals surface area contributed by atoms with E-state index in [1.165, 1.54) is 5.56 Å². The van der Waals surface area contributed by atoms with E-state index in [1.54, 1.807) is 30.1 Å². The summed E-state index contributed by atoms with van der Waals surface area (Å²) in [6, 6.07) is 15.3. The molecule has 0 saturated carbocycles. The number of amides is 1. The highest BCUT2D eigenvalue weighted by atomic mass is 35.5. The van der Waals surface area contributed by atoms with Crippen LogP contribution in [0.2, 0.25) is 5.02 Å². The van der Waals surface area contributed by atoms with E-state index in [-0.39, 0.29) is 5.91 Å². The number of nitrogens with zero attached hydrogens (tertiary/aromatic N) is 1. The van der Waals surface area contributed by atoms with E-state index >= 15 is 0 Å². The third-order valence-electron chi connectivity index (χ3n) is 3.41. The molecule has 3 nitrogen and oxygen atoms in total. The zero-order valence-electron chi connectivity index (χ0n) is 12.1. The Labute approximate surface area is 130 Å². The molecule has 2 aromatic rings. The first-order valence-electron chi connectivity index (χ1n) is 6.93. The molecule has 0 radical (unpaired) electrons. The van der Waals surface area contributed by atoms with E-state index in [0.717, 1.165) is 12.8 Å². The minimum atomic E-state index is -0.133. The highest BCUT2D eigenvalue weighted by Crippen LogP contribution is 2.23. The van der Waals surface area contributed by atoms with E-state index in [0.29, 0.717) is 22.8 Å². The van der Waals surface area contributed by atoms with Gasteiger partial charge in [0.25, 0.3) is 5.91 Å². The second-order valence-corrected chi connectivity index (χ2v) is 5.43. The summed E-state index contributed by atoms with van der Waals surface area (Å²) in [6.45, 7) is 0.665. The van der Waals surface area contributed by atoms with Gasteiger partial charge in [0.2, 0.25) is 0 Å². The summed E-state index contributed by atoms with van der Waals surface area (Å²) < 4.78 is 0. The van der Waals surface area contributed by atoms with Crippen LogP contribution in [0, 0.1) is 0 Å². The molecule has 110 valence electrons. The van der Waals surface area contributed by atoms with Crippen molar-refractivity contribution in [1.82, 2.24) is 4.90 Å². The van der Waals surface area contributed by atoms with Gasteiger partial charge in [-0.3, -0.25) is 4.79 Å². The molecular formula is C17H19ClN2O. The van der Waals surface area contributed by atoms with Crippen LogP contribution in [0.5, 0.6) is 0 Å². The van der Waals surface area contributed by atoms with Crippen LogP contribution in [-0.4, -0.2) is 24.4 Å². The SMILES string of the molecule is CN(CCCc1ccccc1)C(=O)c1c(N)cccc1Cl. The maximum Gasteiger partial charge on any atom is 0.257 e. The summed E-state index contributed by atoms with van der Waals surface area (Å²) in [4.78, 5) is 14.1. The maximum absolute atomic E-state index is 12.4.